The van der Waals surface area contributed by atoms with Crippen molar-refractivity contribution >= 4 is 11.4 Å². The van der Waals surface area contributed by atoms with Crippen molar-refractivity contribution in [2.24, 2.45) is 0 Å². The van der Waals surface area contributed by atoms with E-state index in [1.807, 2.05) is 0 Å². The molecule has 0 atom stereocenters. The van der Waals surface area contributed by atoms with Gasteiger partial charge in [0.2, 0.25) is 0 Å². The van der Waals surface area contributed by atoms with Crippen LogP contribution in [0.4, 0.5) is 11.4 Å². The van der Waals surface area contributed by atoms with Crippen molar-refractivity contribution in [2.45, 2.75) is 6.17 Å². The third kappa shape index (κ3) is 2.89. The average Bonchev–Trinajstić information content (AvgIpc) is 3.04. The van der Waals surface area contributed by atoms with Gasteiger partial charge in [-0.2, -0.15) is 0 Å². The second-order valence-corrected chi connectivity index (χ2v) is 7.58. The molecule has 5 rings (SSSR count). The Labute approximate surface area is 172 Å². The van der Waals surface area contributed by atoms with Crippen LogP contribution in [0.1, 0.15) is 11.7 Å². The molecule has 0 unspecified atom stereocenters. The molecule has 0 saturated heterocycles. The summed E-state index contributed by atoms with van der Waals surface area (Å²) in [5, 5.41) is 0. The third-order valence-electron chi connectivity index (χ3n) is 5.91. The second kappa shape index (κ2) is 7.14. The first-order valence-corrected chi connectivity index (χ1v) is 10.0. The molecule has 0 aromatic heterocycles. The van der Waals surface area contributed by atoms with Gasteiger partial charge in [-0.05, 0) is 34.4 Å². The number of hydrogen-bond acceptors (Lipinski definition) is 2. The highest BCUT2D eigenvalue weighted by Gasteiger charge is 2.35. The molecule has 142 valence electrons. The third-order valence-corrected chi connectivity index (χ3v) is 5.91. The van der Waals surface area contributed by atoms with Crippen LogP contribution in [0.5, 0.6) is 0 Å². The minimum Gasteiger partial charge on any atom is -0.349 e. The molecule has 0 saturated carbocycles. The minimum absolute atomic E-state index is 0.124. The molecular weight excluding hydrogens is 352 g/mol. The summed E-state index contributed by atoms with van der Waals surface area (Å²) in [6, 6.07) is 36.8. The molecule has 1 aliphatic heterocycles. The molecule has 2 nitrogen and oxygen atoms in total. The summed E-state index contributed by atoms with van der Waals surface area (Å²) in [6.07, 6.45) is 0.124. The fourth-order valence-electron chi connectivity index (χ4n) is 4.55. The number of nitrogens with zero attached hydrogens (tertiary/aromatic N) is 2. The summed E-state index contributed by atoms with van der Waals surface area (Å²) >= 11 is 0. The van der Waals surface area contributed by atoms with Crippen molar-refractivity contribution in [3.8, 4) is 22.3 Å². The van der Waals surface area contributed by atoms with Crippen LogP contribution in [0, 0.1) is 0 Å². The Kier molecular flexibility index (Phi) is 4.33. The zero-order chi connectivity index (χ0) is 19.8. The zero-order valence-corrected chi connectivity index (χ0v) is 16.8. The molecule has 2 heteroatoms. The van der Waals surface area contributed by atoms with Crippen LogP contribution in [-0.2, 0) is 0 Å². The Balaban J connectivity index is 1.77. The van der Waals surface area contributed by atoms with Gasteiger partial charge in [-0.25, -0.2) is 0 Å². The Morgan fingerprint density at radius 3 is 1.34 bits per heavy atom. The quantitative estimate of drug-likeness (QED) is 0.397. The molecule has 0 amide bonds. The van der Waals surface area contributed by atoms with E-state index in [-0.39, 0.29) is 6.17 Å². The summed E-state index contributed by atoms with van der Waals surface area (Å²) in [4.78, 5) is 4.78. The molecule has 1 heterocycles. The second-order valence-electron chi connectivity index (χ2n) is 7.58. The van der Waals surface area contributed by atoms with E-state index in [0.717, 1.165) is 0 Å². The number of benzene rings is 4. The summed E-state index contributed by atoms with van der Waals surface area (Å²) in [7, 11) is 4.40. The Morgan fingerprint density at radius 1 is 0.483 bits per heavy atom. The van der Waals surface area contributed by atoms with E-state index in [1.54, 1.807) is 0 Å². The Bertz CT molecular complexity index is 1050. The average molecular weight is 377 g/mol. The number of para-hydroxylation sites is 2. The first-order chi connectivity index (χ1) is 14.3. The lowest BCUT2D eigenvalue weighted by atomic mass is 9.89. The minimum atomic E-state index is 0.124. The van der Waals surface area contributed by atoms with Crippen molar-refractivity contribution in [3.63, 3.8) is 0 Å². The molecule has 29 heavy (non-hydrogen) atoms. The lowest BCUT2D eigenvalue weighted by Crippen LogP contribution is -2.31. The van der Waals surface area contributed by atoms with E-state index in [2.05, 4.69) is 127 Å². The van der Waals surface area contributed by atoms with Crippen LogP contribution in [-0.4, -0.2) is 14.1 Å². The zero-order valence-electron chi connectivity index (χ0n) is 16.8. The highest BCUT2D eigenvalue weighted by molar-refractivity contribution is 5.85. The molecule has 0 N–H and O–H groups in total. The van der Waals surface area contributed by atoms with Gasteiger partial charge in [0, 0.05) is 19.7 Å². The summed E-state index contributed by atoms with van der Waals surface area (Å²) in [5.41, 5.74) is 8.93. The summed E-state index contributed by atoms with van der Waals surface area (Å²) in [5.74, 6) is 0. The van der Waals surface area contributed by atoms with E-state index in [9.17, 15) is 0 Å². The maximum atomic E-state index is 2.39. The summed E-state index contributed by atoms with van der Waals surface area (Å²) < 4.78 is 0. The van der Waals surface area contributed by atoms with Gasteiger partial charge in [-0.3, -0.25) is 0 Å². The van der Waals surface area contributed by atoms with Crippen LogP contribution < -0.4 is 9.80 Å². The molecule has 4 aromatic rings. The molecule has 4 aromatic carbocycles. The maximum absolute atomic E-state index is 2.39. The molecular formula is C27H24N2. The lowest BCUT2D eigenvalue weighted by Gasteiger charge is -2.32. The van der Waals surface area contributed by atoms with Crippen molar-refractivity contribution < 1.29 is 0 Å². The highest BCUT2D eigenvalue weighted by Crippen LogP contribution is 2.48. The Morgan fingerprint density at radius 2 is 0.897 bits per heavy atom. The van der Waals surface area contributed by atoms with Gasteiger partial charge >= 0.3 is 0 Å². The first kappa shape index (κ1) is 17.6. The van der Waals surface area contributed by atoms with Crippen molar-refractivity contribution in [1.29, 1.82) is 0 Å². The van der Waals surface area contributed by atoms with Crippen LogP contribution >= 0.6 is 0 Å². The van der Waals surface area contributed by atoms with E-state index < -0.39 is 0 Å². The van der Waals surface area contributed by atoms with Crippen molar-refractivity contribution in [3.05, 3.63) is 109 Å². The van der Waals surface area contributed by atoms with Gasteiger partial charge in [0.15, 0.2) is 0 Å². The smallest absolute Gasteiger partial charge is 0.129 e. The molecule has 0 radical (unpaired) electrons. The normalized spacial score (nSPS) is 13.6. The molecule has 0 fully saturated rings. The van der Waals surface area contributed by atoms with Gasteiger partial charge in [0.25, 0.3) is 0 Å². The van der Waals surface area contributed by atoms with Crippen LogP contribution in [0.15, 0.2) is 103 Å². The summed E-state index contributed by atoms with van der Waals surface area (Å²) in [6.45, 7) is 0. The monoisotopic (exact) mass is 376 g/mol. The van der Waals surface area contributed by atoms with Gasteiger partial charge in [-0.15, -0.1) is 0 Å². The van der Waals surface area contributed by atoms with Gasteiger partial charge in [-0.1, -0.05) is 91.0 Å². The van der Waals surface area contributed by atoms with E-state index in [0.29, 0.717) is 0 Å². The Hall–Kier alpha value is -3.52. The highest BCUT2D eigenvalue weighted by atomic mass is 15.4. The van der Waals surface area contributed by atoms with Gasteiger partial charge < -0.3 is 9.80 Å². The fraction of sp³-hybridized carbons (Fsp3) is 0.111. The van der Waals surface area contributed by atoms with E-state index >= 15 is 0 Å². The largest absolute Gasteiger partial charge is 0.349 e. The van der Waals surface area contributed by atoms with Crippen LogP contribution in [0.25, 0.3) is 22.3 Å². The first-order valence-electron chi connectivity index (χ1n) is 10.0. The van der Waals surface area contributed by atoms with Crippen LogP contribution in [0.3, 0.4) is 0 Å². The van der Waals surface area contributed by atoms with E-state index in [1.165, 1.54) is 39.2 Å². The molecule has 0 bridgehead atoms. The van der Waals surface area contributed by atoms with Gasteiger partial charge in [0.05, 0.1) is 11.4 Å². The topological polar surface area (TPSA) is 6.48 Å². The van der Waals surface area contributed by atoms with Crippen LogP contribution in [0.2, 0.25) is 0 Å². The van der Waals surface area contributed by atoms with Gasteiger partial charge in [0.1, 0.15) is 6.17 Å². The SMILES string of the molecule is CN1c2ccccc2N(C)C1c1c(-c2ccccc2)cccc1-c1ccccc1. The molecule has 0 aliphatic carbocycles. The maximum Gasteiger partial charge on any atom is 0.129 e. The number of fused-ring (bicyclic) bond motifs is 1. The van der Waals surface area contributed by atoms with Crippen molar-refractivity contribution in [1.82, 2.24) is 0 Å². The fourth-order valence-corrected chi connectivity index (χ4v) is 4.55. The standard InChI is InChI=1S/C27H24N2/c1-28-24-18-9-10-19-25(24)29(2)27(28)26-22(20-12-5-3-6-13-20)16-11-17-23(26)21-14-7-4-8-15-21/h3-19,27H,1-2H3. The number of hydrogen-bond donors (Lipinski definition) is 0. The number of anilines is 2. The van der Waals surface area contributed by atoms with E-state index in [4.69, 9.17) is 0 Å². The predicted octanol–water partition coefficient (Wildman–Crippen LogP) is 6.61. The molecule has 1 aliphatic rings. The predicted molar refractivity (Wildman–Crippen MR) is 123 cm³/mol. The van der Waals surface area contributed by atoms with Crippen molar-refractivity contribution in [2.75, 3.05) is 23.9 Å². The lowest BCUT2D eigenvalue weighted by molar-refractivity contribution is 0.697. The number of rotatable bonds is 3. The molecule has 0 spiro atoms.